The highest BCUT2D eigenvalue weighted by atomic mass is 35.5. The molecule has 6 heteroatoms. The van der Waals surface area contributed by atoms with E-state index in [0.717, 1.165) is 43.4 Å². The van der Waals surface area contributed by atoms with Crippen LogP contribution in [0.25, 0.3) is 0 Å². The molecule has 0 spiro atoms. The van der Waals surface area contributed by atoms with E-state index in [0.29, 0.717) is 5.88 Å². The number of aromatic nitrogens is 1. The zero-order valence-corrected chi connectivity index (χ0v) is 13.9. The second-order valence-electron chi connectivity index (χ2n) is 5.97. The third-order valence-electron chi connectivity index (χ3n) is 3.60. The maximum atomic E-state index is 12.3. The first-order valence-electron chi connectivity index (χ1n) is 6.91. The van der Waals surface area contributed by atoms with Crippen LogP contribution < -0.4 is 0 Å². The summed E-state index contributed by atoms with van der Waals surface area (Å²) in [5, 5.41) is 3.24. The number of halogens is 1. The molecule has 1 amide bonds. The van der Waals surface area contributed by atoms with Crippen molar-refractivity contribution in [3.05, 3.63) is 16.1 Å². The lowest BCUT2D eigenvalue weighted by molar-refractivity contribution is -0.141. The van der Waals surface area contributed by atoms with Gasteiger partial charge in [0.05, 0.1) is 12.0 Å². The summed E-state index contributed by atoms with van der Waals surface area (Å²) in [6.07, 6.45) is 0. The van der Waals surface area contributed by atoms with Crippen LogP contribution in [-0.4, -0.2) is 52.8 Å². The lowest BCUT2D eigenvalue weighted by atomic mass is 9.94. The van der Waals surface area contributed by atoms with E-state index < -0.39 is 5.41 Å². The highest BCUT2D eigenvalue weighted by molar-refractivity contribution is 7.09. The zero-order chi connectivity index (χ0) is 14.8. The molecule has 1 aliphatic heterocycles. The Morgan fingerprint density at radius 3 is 2.55 bits per heavy atom. The van der Waals surface area contributed by atoms with Crippen molar-refractivity contribution in [1.29, 1.82) is 0 Å². The second-order valence-corrected chi connectivity index (χ2v) is 7.18. The SMILES string of the molecule is Cc1csc(CN2CCN(C(=O)C(C)(C)CCl)CC2)n1. The minimum atomic E-state index is -0.462. The van der Waals surface area contributed by atoms with Gasteiger partial charge in [-0.1, -0.05) is 0 Å². The van der Waals surface area contributed by atoms with Crippen LogP contribution in [0.4, 0.5) is 0 Å². The molecule has 112 valence electrons. The zero-order valence-electron chi connectivity index (χ0n) is 12.4. The highest BCUT2D eigenvalue weighted by Gasteiger charge is 2.32. The average molecular weight is 316 g/mol. The summed E-state index contributed by atoms with van der Waals surface area (Å²) in [6, 6.07) is 0. The van der Waals surface area contributed by atoms with Crippen molar-refractivity contribution in [3.63, 3.8) is 0 Å². The monoisotopic (exact) mass is 315 g/mol. The standard InChI is InChI=1S/C14H22ClN3OS/c1-11-9-20-12(16-11)8-17-4-6-18(7-5-17)13(19)14(2,3)10-15/h9H,4-8,10H2,1-3H3. The number of hydrogen-bond donors (Lipinski definition) is 0. The molecule has 0 unspecified atom stereocenters. The molecule has 20 heavy (non-hydrogen) atoms. The number of carbonyl (C=O) groups is 1. The molecule has 2 heterocycles. The number of amides is 1. The number of carbonyl (C=O) groups excluding carboxylic acids is 1. The van der Waals surface area contributed by atoms with Gasteiger partial charge in [-0.05, 0) is 20.8 Å². The molecular formula is C14H22ClN3OS. The minimum Gasteiger partial charge on any atom is -0.340 e. The quantitative estimate of drug-likeness (QED) is 0.800. The van der Waals surface area contributed by atoms with Crippen LogP contribution >= 0.6 is 22.9 Å². The number of alkyl halides is 1. The maximum Gasteiger partial charge on any atom is 0.229 e. The van der Waals surface area contributed by atoms with Gasteiger partial charge in [-0.25, -0.2) is 4.98 Å². The Balaban J connectivity index is 1.85. The summed E-state index contributed by atoms with van der Waals surface area (Å²) >= 11 is 7.59. The Hall–Kier alpha value is -0.650. The van der Waals surface area contributed by atoms with Crippen LogP contribution in [0.15, 0.2) is 5.38 Å². The largest absolute Gasteiger partial charge is 0.340 e. The fourth-order valence-electron chi connectivity index (χ4n) is 2.26. The first-order chi connectivity index (χ1) is 9.42. The number of hydrogen-bond acceptors (Lipinski definition) is 4. The number of aryl methyl sites for hydroxylation is 1. The molecule has 0 N–H and O–H groups in total. The van der Waals surface area contributed by atoms with Crippen molar-refractivity contribution >= 4 is 28.8 Å². The van der Waals surface area contributed by atoms with Crippen LogP contribution in [0.3, 0.4) is 0 Å². The van der Waals surface area contributed by atoms with Gasteiger partial charge < -0.3 is 4.90 Å². The highest BCUT2D eigenvalue weighted by Crippen LogP contribution is 2.22. The van der Waals surface area contributed by atoms with Crippen molar-refractivity contribution in [2.24, 2.45) is 5.41 Å². The van der Waals surface area contributed by atoms with Crippen LogP contribution in [0, 0.1) is 12.3 Å². The normalized spacial score (nSPS) is 17.5. The number of nitrogens with zero attached hydrogens (tertiary/aromatic N) is 3. The van der Waals surface area contributed by atoms with Gasteiger partial charge in [-0.2, -0.15) is 0 Å². The maximum absolute atomic E-state index is 12.3. The Labute approximate surface area is 129 Å². The van der Waals surface area contributed by atoms with Crippen molar-refractivity contribution in [2.75, 3.05) is 32.1 Å². The van der Waals surface area contributed by atoms with Gasteiger partial charge in [0.25, 0.3) is 0 Å². The van der Waals surface area contributed by atoms with Gasteiger partial charge in [0.15, 0.2) is 0 Å². The molecule has 1 fully saturated rings. The fourth-order valence-corrected chi connectivity index (χ4v) is 3.19. The van der Waals surface area contributed by atoms with Gasteiger partial charge in [0.2, 0.25) is 5.91 Å². The van der Waals surface area contributed by atoms with Gasteiger partial charge in [-0.3, -0.25) is 9.69 Å². The molecule has 1 aliphatic rings. The summed E-state index contributed by atoms with van der Waals surface area (Å²) in [5.41, 5.74) is 0.624. The second kappa shape index (κ2) is 6.41. The topological polar surface area (TPSA) is 36.4 Å². The molecular weight excluding hydrogens is 294 g/mol. The molecule has 0 bridgehead atoms. The molecule has 0 atom stereocenters. The summed E-state index contributed by atoms with van der Waals surface area (Å²) < 4.78 is 0. The predicted molar refractivity (Wildman–Crippen MR) is 83.2 cm³/mol. The number of thiazole rings is 1. The van der Waals surface area contributed by atoms with Crippen LogP contribution in [-0.2, 0) is 11.3 Å². The van der Waals surface area contributed by atoms with E-state index in [1.165, 1.54) is 0 Å². The smallest absolute Gasteiger partial charge is 0.229 e. The summed E-state index contributed by atoms with van der Waals surface area (Å²) in [4.78, 5) is 21.1. The minimum absolute atomic E-state index is 0.164. The molecule has 0 aliphatic carbocycles. The Kier molecular flexibility index (Phi) is 5.04. The van der Waals surface area contributed by atoms with Crippen LogP contribution in [0.2, 0.25) is 0 Å². The van der Waals surface area contributed by atoms with Gasteiger partial charge >= 0.3 is 0 Å². The molecule has 1 aromatic rings. The Morgan fingerprint density at radius 1 is 1.40 bits per heavy atom. The first kappa shape index (κ1) is 15.7. The summed E-state index contributed by atoms with van der Waals surface area (Å²) in [7, 11) is 0. The van der Waals surface area contributed by atoms with Crippen LogP contribution in [0.5, 0.6) is 0 Å². The number of rotatable bonds is 4. The van der Waals surface area contributed by atoms with E-state index in [1.807, 2.05) is 25.7 Å². The third kappa shape index (κ3) is 3.71. The average Bonchev–Trinajstić information content (AvgIpc) is 2.84. The molecule has 0 aromatic carbocycles. The Bertz CT molecular complexity index is 467. The Morgan fingerprint density at radius 2 is 2.05 bits per heavy atom. The molecule has 2 rings (SSSR count). The van der Waals surface area contributed by atoms with Crippen molar-refractivity contribution < 1.29 is 4.79 Å². The van der Waals surface area contributed by atoms with Gasteiger partial charge in [-0.15, -0.1) is 22.9 Å². The summed E-state index contributed by atoms with van der Waals surface area (Å²) in [6.45, 7) is 10.1. The van der Waals surface area contributed by atoms with Crippen LogP contribution in [0.1, 0.15) is 24.5 Å². The molecule has 1 aromatic heterocycles. The van der Waals surface area contributed by atoms with E-state index in [4.69, 9.17) is 11.6 Å². The lowest BCUT2D eigenvalue weighted by Crippen LogP contribution is -2.52. The molecule has 0 saturated carbocycles. The predicted octanol–water partition coefficient (Wildman–Crippen LogP) is 2.36. The fraction of sp³-hybridized carbons (Fsp3) is 0.714. The first-order valence-corrected chi connectivity index (χ1v) is 8.32. The van der Waals surface area contributed by atoms with E-state index in [2.05, 4.69) is 15.3 Å². The third-order valence-corrected chi connectivity index (χ3v) is 5.22. The van der Waals surface area contributed by atoms with Crippen molar-refractivity contribution in [1.82, 2.24) is 14.8 Å². The lowest BCUT2D eigenvalue weighted by Gasteiger charge is -2.37. The van der Waals surface area contributed by atoms with Crippen molar-refractivity contribution in [2.45, 2.75) is 27.3 Å². The van der Waals surface area contributed by atoms with E-state index in [9.17, 15) is 4.79 Å². The van der Waals surface area contributed by atoms with Gasteiger partial charge in [0.1, 0.15) is 5.01 Å². The van der Waals surface area contributed by atoms with E-state index in [-0.39, 0.29) is 5.91 Å². The number of piperazine rings is 1. The van der Waals surface area contributed by atoms with E-state index >= 15 is 0 Å². The molecule has 4 nitrogen and oxygen atoms in total. The summed E-state index contributed by atoms with van der Waals surface area (Å²) in [5.74, 6) is 0.530. The van der Waals surface area contributed by atoms with Gasteiger partial charge in [0, 0.05) is 43.1 Å². The van der Waals surface area contributed by atoms with E-state index in [1.54, 1.807) is 11.3 Å². The molecule has 0 radical (unpaired) electrons. The molecule has 1 saturated heterocycles. The van der Waals surface area contributed by atoms with Crippen molar-refractivity contribution in [3.8, 4) is 0 Å².